The number of benzene rings is 2. The fourth-order valence-electron chi connectivity index (χ4n) is 2.69. The monoisotopic (exact) mass is 266 g/mol. The molecule has 1 atom stereocenters. The molecule has 0 amide bonds. The largest absolute Gasteiger partial charge is 0.319 e. The number of hydrogen-bond donors (Lipinski definition) is 0. The van der Waals surface area contributed by atoms with Crippen LogP contribution in [0.15, 0.2) is 59.8 Å². The Kier molecular flexibility index (Phi) is 2.59. The molecule has 1 unspecified atom stereocenters. The molecular weight excluding hydrogens is 252 g/mol. The second-order valence-electron chi connectivity index (χ2n) is 4.84. The van der Waals surface area contributed by atoms with Crippen molar-refractivity contribution < 1.29 is 0 Å². The Morgan fingerprint density at radius 3 is 2.68 bits per heavy atom. The molecule has 1 aromatic heterocycles. The number of aryl methyl sites for hydroxylation is 1. The summed E-state index contributed by atoms with van der Waals surface area (Å²) in [5.41, 5.74) is 3.78. The van der Waals surface area contributed by atoms with E-state index in [0.29, 0.717) is 5.25 Å². The standard InChI is InChI=1S/C16H14N2S/c1-2-6-12(7-3-1)15-10-11-18-14-9-5-4-8-13(14)17-16(18)19-15/h1-9,15H,10-11H2. The van der Waals surface area contributed by atoms with Gasteiger partial charge in [0.1, 0.15) is 0 Å². The van der Waals surface area contributed by atoms with E-state index in [4.69, 9.17) is 4.98 Å². The van der Waals surface area contributed by atoms with Crippen molar-refractivity contribution in [2.24, 2.45) is 0 Å². The SMILES string of the molecule is c1ccc(C2CCn3c(nc4ccccc43)S2)cc1. The molecule has 2 heterocycles. The number of nitrogens with zero attached hydrogens (tertiary/aromatic N) is 2. The van der Waals surface area contributed by atoms with Crippen LogP contribution in [-0.2, 0) is 6.54 Å². The van der Waals surface area contributed by atoms with E-state index in [1.807, 2.05) is 11.8 Å². The summed E-state index contributed by atoms with van der Waals surface area (Å²) >= 11 is 1.89. The maximum Gasteiger partial charge on any atom is 0.169 e. The molecule has 2 nitrogen and oxygen atoms in total. The van der Waals surface area contributed by atoms with Gasteiger partial charge in [0, 0.05) is 11.8 Å². The van der Waals surface area contributed by atoms with Gasteiger partial charge in [-0.1, -0.05) is 54.2 Å². The summed E-state index contributed by atoms with van der Waals surface area (Å²) in [6, 6.07) is 19.2. The van der Waals surface area contributed by atoms with Crippen LogP contribution in [0.4, 0.5) is 0 Å². The van der Waals surface area contributed by atoms with Crippen molar-refractivity contribution in [2.45, 2.75) is 23.4 Å². The molecule has 94 valence electrons. The minimum absolute atomic E-state index is 0.533. The van der Waals surface area contributed by atoms with Crippen LogP contribution in [-0.4, -0.2) is 9.55 Å². The maximum atomic E-state index is 4.75. The second kappa shape index (κ2) is 4.42. The highest BCUT2D eigenvalue weighted by Gasteiger charge is 2.23. The first kappa shape index (κ1) is 11.1. The van der Waals surface area contributed by atoms with Crippen LogP contribution in [0, 0.1) is 0 Å². The molecule has 0 radical (unpaired) electrons. The summed E-state index contributed by atoms with van der Waals surface area (Å²) < 4.78 is 2.35. The quantitative estimate of drug-likeness (QED) is 0.654. The van der Waals surface area contributed by atoms with E-state index < -0.39 is 0 Å². The zero-order chi connectivity index (χ0) is 12.7. The zero-order valence-electron chi connectivity index (χ0n) is 10.5. The molecule has 3 heteroatoms. The van der Waals surface area contributed by atoms with Gasteiger partial charge in [0.05, 0.1) is 11.0 Å². The Hall–Kier alpha value is -1.74. The number of aromatic nitrogens is 2. The van der Waals surface area contributed by atoms with Crippen LogP contribution in [0.25, 0.3) is 11.0 Å². The van der Waals surface area contributed by atoms with Crippen molar-refractivity contribution >= 4 is 22.8 Å². The van der Waals surface area contributed by atoms with Gasteiger partial charge in [0.25, 0.3) is 0 Å². The molecule has 1 aliphatic rings. The Morgan fingerprint density at radius 1 is 1.00 bits per heavy atom. The van der Waals surface area contributed by atoms with Gasteiger partial charge in [-0.05, 0) is 24.1 Å². The number of rotatable bonds is 1. The van der Waals surface area contributed by atoms with E-state index in [1.165, 1.54) is 17.5 Å². The lowest BCUT2D eigenvalue weighted by atomic mass is 10.1. The molecule has 0 bridgehead atoms. The molecule has 2 aromatic carbocycles. The number of thioether (sulfide) groups is 1. The van der Waals surface area contributed by atoms with Crippen molar-refractivity contribution in [3.05, 3.63) is 60.2 Å². The van der Waals surface area contributed by atoms with Gasteiger partial charge >= 0.3 is 0 Å². The predicted octanol–water partition coefficient (Wildman–Crippen LogP) is 4.27. The summed E-state index contributed by atoms with van der Waals surface area (Å²) in [4.78, 5) is 4.75. The molecule has 4 rings (SSSR count). The smallest absolute Gasteiger partial charge is 0.169 e. The molecule has 0 spiro atoms. The summed E-state index contributed by atoms with van der Waals surface area (Å²) in [5.74, 6) is 0. The normalized spacial score (nSPS) is 18.4. The summed E-state index contributed by atoms with van der Waals surface area (Å²) in [6.07, 6.45) is 1.17. The molecule has 0 aliphatic carbocycles. The van der Waals surface area contributed by atoms with Gasteiger partial charge in [-0.25, -0.2) is 4.98 Å². The Labute approximate surface area is 116 Å². The second-order valence-corrected chi connectivity index (χ2v) is 6.01. The fraction of sp³-hybridized carbons (Fsp3) is 0.188. The van der Waals surface area contributed by atoms with Crippen molar-refractivity contribution in [1.82, 2.24) is 9.55 Å². The van der Waals surface area contributed by atoms with Gasteiger partial charge < -0.3 is 4.57 Å². The molecule has 0 N–H and O–H groups in total. The highest BCUT2D eigenvalue weighted by atomic mass is 32.2. The van der Waals surface area contributed by atoms with Crippen LogP contribution in [0.2, 0.25) is 0 Å². The lowest BCUT2D eigenvalue weighted by molar-refractivity contribution is 0.579. The Balaban J connectivity index is 1.74. The molecule has 0 fully saturated rings. The number of fused-ring (bicyclic) bond motifs is 3. The van der Waals surface area contributed by atoms with E-state index in [2.05, 4.69) is 59.2 Å². The molecule has 0 saturated carbocycles. The zero-order valence-corrected chi connectivity index (χ0v) is 11.3. The highest BCUT2D eigenvalue weighted by Crippen LogP contribution is 2.42. The molecule has 19 heavy (non-hydrogen) atoms. The van der Waals surface area contributed by atoms with E-state index in [-0.39, 0.29) is 0 Å². The van der Waals surface area contributed by atoms with Crippen LogP contribution in [0.3, 0.4) is 0 Å². The number of imidazole rings is 1. The predicted molar refractivity (Wildman–Crippen MR) is 79.4 cm³/mol. The molecule has 3 aromatic rings. The third-order valence-electron chi connectivity index (χ3n) is 3.65. The first-order chi connectivity index (χ1) is 9.42. The third kappa shape index (κ3) is 1.85. The average Bonchev–Trinajstić information content (AvgIpc) is 2.86. The fourth-order valence-corrected chi connectivity index (χ4v) is 3.93. The van der Waals surface area contributed by atoms with Gasteiger partial charge in [0.2, 0.25) is 0 Å². The molecular formula is C16H14N2S. The Bertz CT molecular complexity index is 718. The van der Waals surface area contributed by atoms with E-state index in [0.717, 1.165) is 17.2 Å². The topological polar surface area (TPSA) is 17.8 Å². The Morgan fingerprint density at radius 2 is 1.79 bits per heavy atom. The van der Waals surface area contributed by atoms with Crippen LogP contribution in [0.5, 0.6) is 0 Å². The van der Waals surface area contributed by atoms with E-state index in [9.17, 15) is 0 Å². The van der Waals surface area contributed by atoms with Gasteiger partial charge in [-0.3, -0.25) is 0 Å². The van der Waals surface area contributed by atoms with Crippen LogP contribution >= 0.6 is 11.8 Å². The van der Waals surface area contributed by atoms with Crippen molar-refractivity contribution in [3.8, 4) is 0 Å². The summed E-state index contributed by atoms with van der Waals surface area (Å²) in [6.45, 7) is 1.06. The molecule has 1 aliphatic heterocycles. The minimum atomic E-state index is 0.533. The number of para-hydroxylation sites is 2. The van der Waals surface area contributed by atoms with Crippen molar-refractivity contribution in [2.75, 3.05) is 0 Å². The lowest BCUT2D eigenvalue weighted by Crippen LogP contribution is -2.10. The van der Waals surface area contributed by atoms with Crippen molar-refractivity contribution in [1.29, 1.82) is 0 Å². The summed E-state index contributed by atoms with van der Waals surface area (Å²) in [5, 5.41) is 1.69. The van der Waals surface area contributed by atoms with Crippen molar-refractivity contribution in [3.63, 3.8) is 0 Å². The third-order valence-corrected chi connectivity index (χ3v) is 4.97. The lowest BCUT2D eigenvalue weighted by Gasteiger charge is -2.23. The van der Waals surface area contributed by atoms with Gasteiger partial charge in [-0.15, -0.1) is 0 Å². The summed E-state index contributed by atoms with van der Waals surface area (Å²) in [7, 11) is 0. The van der Waals surface area contributed by atoms with Crippen LogP contribution in [0.1, 0.15) is 17.2 Å². The molecule has 0 saturated heterocycles. The minimum Gasteiger partial charge on any atom is -0.319 e. The average molecular weight is 266 g/mol. The first-order valence-corrected chi connectivity index (χ1v) is 7.47. The number of hydrogen-bond acceptors (Lipinski definition) is 2. The van der Waals surface area contributed by atoms with E-state index >= 15 is 0 Å². The van der Waals surface area contributed by atoms with Gasteiger partial charge in [0.15, 0.2) is 5.16 Å². The van der Waals surface area contributed by atoms with E-state index in [1.54, 1.807) is 0 Å². The first-order valence-electron chi connectivity index (χ1n) is 6.59. The van der Waals surface area contributed by atoms with Gasteiger partial charge in [-0.2, -0.15) is 0 Å². The maximum absolute atomic E-state index is 4.75. The highest BCUT2D eigenvalue weighted by molar-refractivity contribution is 7.99. The van der Waals surface area contributed by atoms with Crippen LogP contribution < -0.4 is 0 Å².